The van der Waals surface area contributed by atoms with E-state index < -0.39 is 5.54 Å². The molecule has 38 heavy (non-hydrogen) atoms. The lowest BCUT2D eigenvalue weighted by molar-refractivity contribution is -0.122. The van der Waals surface area contributed by atoms with E-state index in [4.69, 9.17) is 9.72 Å². The topological polar surface area (TPSA) is 103 Å². The Morgan fingerprint density at radius 2 is 1.92 bits per heavy atom. The minimum absolute atomic E-state index is 0.00819. The fourth-order valence-corrected chi connectivity index (χ4v) is 5.01. The molecule has 4 rings (SSSR count). The first-order chi connectivity index (χ1) is 18.0. The van der Waals surface area contributed by atoms with Gasteiger partial charge in [-0.15, -0.1) is 0 Å². The second kappa shape index (κ2) is 11.1. The summed E-state index contributed by atoms with van der Waals surface area (Å²) in [6.45, 7) is 10.9. The molecule has 0 aliphatic carbocycles. The van der Waals surface area contributed by atoms with Crippen LogP contribution in [0.3, 0.4) is 0 Å². The number of fused-ring (bicyclic) bond motifs is 1. The Bertz CT molecular complexity index is 1180. The monoisotopic (exact) mass is 523 g/mol. The van der Waals surface area contributed by atoms with Crippen molar-refractivity contribution in [1.82, 2.24) is 20.2 Å². The van der Waals surface area contributed by atoms with Gasteiger partial charge in [0.1, 0.15) is 17.0 Å². The number of hydrogen-bond donors (Lipinski definition) is 2. The van der Waals surface area contributed by atoms with Crippen molar-refractivity contribution in [3.63, 3.8) is 0 Å². The Morgan fingerprint density at radius 1 is 1.21 bits per heavy atom. The first-order valence-corrected chi connectivity index (χ1v) is 13.4. The standard InChI is InChI=1S/C28H41N7O3/c1-18(2)10-15-35-24-22(34(6)26(37)28(35,3)4)17-29-27(32-24)31-21-9-8-19(16-23(21)38-7)25(36)30-20-11-13-33(5)14-12-20/h8-9,16-18,20H,10-15H2,1-7H3,(H,30,36)(H,29,31,32). The number of carbonyl (C=O) groups is 2. The molecule has 0 radical (unpaired) electrons. The molecule has 10 heteroatoms. The highest BCUT2D eigenvalue weighted by atomic mass is 16.5. The molecule has 0 saturated carbocycles. The number of amides is 2. The van der Waals surface area contributed by atoms with Crippen LogP contribution in [0.2, 0.25) is 0 Å². The van der Waals surface area contributed by atoms with Gasteiger partial charge in [-0.05, 0) is 77.4 Å². The molecule has 2 amide bonds. The number of aromatic nitrogens is 2. The molecule has 0 spiro atoms. The third kappa shape index (κ3) is 5.70. The average molecular weight is 524 g/mol. The number of likely N-dealkylation sites (N-methyl/N-ethyl adjacent to an activating group) is 1. The maximum absolute atomic E-state index is 13.1. The number of likely N-dealkylation sites (tertiary alicyclic amines) is 1. The van der Waals surface area contributed by atoms with E-state index in [-0.39, 0.29) is 17.9 Å². The van der Waals surface area contributed by atoms with E-state index in [1.165, 1.54) is 0 Å². The predicted molar refractivity (Wildman–Crippen MR) is 151 cm³/mol. The summed E-state index contributed by atoms with van der Waals surface area (Å²) in [6.07, 6.45) is 4.50. The number of nitrogens with zero attached hydrogens (tertiary/aromatic N) is 5. The Balaban J connectivity index is 1.56. The fraction of sp³-hybridized carbons (Fsp3) is 0.571. The lowest BCUT2D eigenvalue weighted by Crippen LogP contribution is -2.60. The highest BCUT2D eigenvalue weighted by Gasteiger charge is 2.44. The molecule has 2 aliphatic rings. The largest absolute Gasteiger partial charge is 0.495 e. The SMILES string of the molecule is COc1cc(C(=O)NC2CCN(C)CC2)ccc1Nc1ncc2c(n1)N(CCC(C)C)C(C)(C)C(=O)N2C. The van der Waals surface area contributed by atoms with E-state index in [0.29, 0.717) is 46.9 Å². The average Bonchev–Trinajstić information content (AvgIpc) is 2.88. The minimum Gasteiger partial charge on any atom is -0.495 e. The number of benzene rings is 1. The molecular formula is C28H41N7O3. The van der Waals surface area contributed by atoms with E-state index in [0.717, 1.165) is 32.4 Å². The summed E-state index contributed by atoms with van der Waals surface area (Å²) in [5.74, 6) is 2.01. The molecule has 206 valence electrons. The molecule has 1 aromatic carbocycles. The zero-order valence-corrected chi connectivity index (χ0v) is 23.7. The maximum Gasteiger partial charge on any atom is 0.252 e. The zero-order chi connectivity index (χ0) is 27.6. The van der Waals surface area contributed by atoms with Crippen molar-refractivity contribution in [3.05, 3.63) is 30.0 Å². The van der Waals surface area contributed by atoms with Gasteiger partial charge in [-0.1, -0.05) is 13.8 Å². The molecule has 0 unspecified atom stereocenters. The lowest BCUT2D eigenvalue weighted by atomic mass is 9.96. The second-order valence-electron chi connectivity index (χ2n) is 11.3. The summed E-state index contributed by atoms with van der Waals surface area (Å²) in [5, 5.41) is 6.40. The summed E-state index contributed by atoms with van der Waals surface area (Å²) < 4.78 is 5.61. The van der Waals surface area contributed by atoms with Crippen LogP contribution in [-0.4, -0.2) is 79.1 Å². The number of anilines is 4. The summed E-state index contributed by atoms with van der Waals surface area (Å²) in [5.41, 5.74) is 1.13. The van der Waals surface area contributed by atoms with Crippen molar-refractivity contribution in [2.75, 3.05) is 56.0 Å². The Morgan fingerprint density at radius 3 is 2.58 bits per heavy atom. The highest BCUT2D eigenvalue weighted by Crippen LogP contribution is 2.39. The first-order valence-electron chi connectivity index (χ1n) is 13.4. The Kier molecular flexibility index (Phi) is 8.10. The van der Waals surface area contributed by atoms with Gasteiger partial charge < -0.3 is 30.1 Å². The summed E-state index contributed by atoms with van der Waals surface area (Å²) >= 11 is 0. The van der Waals surface area contributed by atoms with E-state index in [9.17, 15) is 9.59 Å². The van der Waals surface area contributed by atoms with E-state index in [1.54, 1.807) is 43.5 Å². The summed E-state index contributed by atoms with van der Waals surface area (Å²) in [4.78, 5) is 41.3. The molecular weight excluding hydrogens is 482 g/mol. The van der Waals surface area contributed by atoms with Crippen molar-refractivity contribution in [2.24, 2.45) is 5.92 Å². The molecule has 2 N–H and O–H groups in total. The smallest absolute Gasteiger partial charge is 0.252 e. The molecule has 1 saturated heterocycles. The van der Waals surface area contributed by atoms with Crippen LogP contribution < -0.4 is 25.2 Å². The van der Waals surface area contributed by atoms with Crippen molar-refractivity contribution in [3.8, 4) is 5.75 Å². The number of rotatable bonds is 8. The van der Waals surface area contributed by atoms with Crippen LogP contribution in [0.25, 0.3) is 0 Å². The van der Waals surface area contributed by atoms with Crippen molar-refractivity contribution in [2.45, 2.75) is 58.5 Å². The maximum atomic E-state index is 13.1. The molecule has 2 aromatic rings. The molecule has 2 aliphatic heterocycles. The van der Waals surface area contributed by atoms with Crippen LogP contribution in [0.1, 0.15) is 57.3 Å². The quantitative estimate of drug-likeness (QED) is 0.541. The van der Waals surface area contributed by atoms with Crippen molar-refractivity contribution < 1.29 is 14.3 Å². The van der Waals surface area contributed by atoms with Gasteiger partial charge >= 0.3 is 0 Å². The van der Waals surface area contributed by atoms with Crippen LogP contribution in [0.15, 0.2) is 24.4 Å². The molecule has 3 heterocycles. The Hall–Kier alpha value is -3.40. The Labute approximate surface area is 225 Å². The predicted octanol–water partition coefficient (Wildman–Crippen LogP) is 3.66. The number of ether oxygens (including phenoxy) is 1. The van der Waals surface area contributed by atoms with E-state index in [2.05, 4.69) is 46.3 Å². The highest BCUT2D eigenvalue weighted by molar-refractivity contribution is 6.06. The third-order valence-electron chi connectivity index (χ3n) is 7.56. The molecule has 0 atom stereocenters. The van der Waals surface area contributed by atoms with E-state index in [1.807, 2.05) is 13.8 Å². The van der Waals surface area contributed by atoms with Gasteiger partial charge in [0.05, 0.1) is 19.0 Å². The number of nitrogens with one attached hydrogen (secondary N) is 2. The number of methoxy groups -OCH3 is 1. The van der Waals surface area contributed by atoms with Crippen LogP contribution in [0, 0.1) is 5.92 Å². The number of piperidine rings is 1. The van der Waals surface area contributed by atoms with Gasteiger partial charge in [0.25, 0.3) is 11.8 Å². The normalized spacial score (nSPS) is 17.9. The van der Waals surface area contributed by atoms with Gasteiger partial charge in [0.2, 0.25) is 5.95 Å². The second-order valence-corrected chi connectivity index (χ2v) is 11.3. The van der Waals surface area contributed by atoms with Crippen LogP contribution >= 0.6 is 0 Å². The first kappa shape index (κ1) is 27.6. The zero-order valence-electron chi connectivity index (χ0n) is 23.7. The summed E-state index contributed by atoms with van der Waals surface area (Å²) in [7, 11) is 5.43. The molecule has 10 nitrogen and oxygen atoms in total. The van der Waals surface area contributed by atoms with Crippen molar-refractivity contribution >= 4 is 35.0 Å². The van der Waals surface area contributed by atoms with Crippen LogP contribution in [0.4, 0.5) is 23.1 Å². The third-order valence-corrected chi connectivity index (χ3v) is 7.56. The van der Waals surface area contributed by atoms with Gasteiger partial charge in [-0.3, -0.25) is 9.59 Å². The minimum atomic E-state index is -0.733. The molecule has 1 fully saturated rings. The van der Waals surface area contributed by atoms with Gasteiger partial charge in [-0.25, -0.2) is 4.98 Å². The van der Waals surface area contributed by atoms with Crippen molar-refractivity contribution in [1.29, 1.82) is 0 Å². The van der Waals surface area contributed by atoms with Gasteiger partial charge in [0, 0.05) is 25.2 Å². The number of hydrogen-bond acceptors (Lipinski definition) is 8. The van der Waals surface area contributed by atoms with E-state index >= 15 is 0 Å². The molecule has 1 aromatic heterocycles. The number of carbonyl (C=O) groups excluding carboxylic acids is 2. The lowest BCUT2D eigenvalue weighted by Gasteiger charge is -2.46. The van der Waals surface area contributed by atoms with Crippen LogP contribution in [0.5, 0.6) is 5.75 Å². The van der Waals surface area contributed by atoms with Crippen LogP contribution in [-0.2, 0) is 4.79 Å². The van der Waals surface area contributed by atoms with Gasteiger partial charge in [-0.2, -0.15) is 4.98 Å². The van der Waals surface area contributed by atoms with Gasteiger partial charge in [0.15, 0.2) is 5.82 Å². The summed E-state index contributed by atoms with van der Waals surface area (Å²) in [6, 6.07) is 5.49. The molecule has 0 bridgehead atoms. The fourth-order valence-electron chi connectivity index (χ4n) is 5.01.